The quantitative estimate of drug-likeness (QED) is 0.184. The van der Waals surface area contributed by atoms with E-state index in [0.29, 0.717) is 35.3 Å². The molecule has 12 nitrogen and oxygen atoms in total. The number of nitrogens with one attached hydrogen (secondary N) is 4. The number of anilines is 2. The minimum Gasteiger partial charge on any atom is -0.497 e. The molecule has 4 N–H and O–H groups in total. The molecule has 1 saturated heterocycles. The summed E-state index contributed by atoms with van der Waals surface area (Å²) in [5, 5.41) is 11.7. The van der Waals surface area contributed by atoms with Crippen LogP contribution in [0.2, 0.25) is 0 Å². The highest BCUT2D eigenvalue weighted by Gasteiger charge is 2.67. The number of carbonyl (C=O) groups excluding carboxylic acids is 2. The van der Waals surface area contributed by atoms with Crippen LogP contribution in [0.15, 0.2) is 59.5 Å². The van der Waals surface area contributed by atoms with Gasteiger partial charge in [0.05, 0.1) is 42.1 Å². The molecule has 3 amide bonds. The van der Waals surface area contributed by atoms with Gasteiger partial charge in [0, 0.05) is 24.7 Å². The molecule has 3 aromatic rings. The Morgan fingerprint density at radius 1 is 1.11 bits per heavy atom. The molecule has 288 valence electrons. The number of carbonyl (C=O) groups is 2. The van der Waals surface area contributed by atoms with Crippen molar-refractivity contribution in [2.24, 2.45) is 17.3 Å². The largest absolute Gasteiger partial charge is 0.497 e. The zero-order valence-corrected chi connectivity index (χ0v) is 31.2. The lowest BCUT2D eigenvalue weighted by Crippen LogP contribution is -2.63. The average molecular weight is 751 g/mol. The van der Waals surface area contributed by atoms with Crippen molar-refractivity contribution in [2.45, 2.75) is 102 Å². The van der Waals surface area contributed by atoms with E-state index in [1.165, 1.54) is 30.0 Å². The Kier molecular flexibility index (Phi) is 9.52. The van der Waals surface area contributed by atoms with E-state index in [1.807, 2.05) is 6.92 Å². The molecule has 1 aromatic heterocycles. The maximum Gasteiger partial charge on any atom is 0.481 e. The Bertz CT molecular complexity index is 2010. The van der Waals surface area contributed by atoms with Gasteiger partial charge >= 0.3 is 19.3 Å². The van der Waals surface area contributed by atoms with Crippen LogP contribution < -0.4 is 31.6 Å². The lowest BCUT2D eigenvalue weighted by atomic mass is 9.45. The topological polar surface area (TPSA) is 145 Å². The van der Waals surface area contributed by atoms with E-state index in [0.717, 1.165) is 25.0 Å². The summed E-state index contributed by atoms with van der Waals surface area (Å²) in [6, 6.07) is 9.85. The fraction of sp³-hybridized carbons (Fsp3) is 0.526. The third kappa shape index (κ3) is 6.71. The Morgan fingerprint density at radius 2 is 1.87 bits per heavy atom. The molecule has 2 aromatic carbocycles. The van der Waals surface area contributed by atoms with Crippen molar-refractivity contribution < 1.29 is 36.8 Å². The molecule has 0 radical (unpaired) electrons. The average Bonchev–Trinajstić information content (AvgIpc) is 3.64. The second kappa shape index (κ2) is 13.6. The van der Waals surface area contributed by atoms with E-state index >= 15 is 0 Å². The summed E-state index contributed by atoms with van der Waals surface area (Å²) in [5.74, 6) is 0.540. The number of fused-ring (bicyclic) bond motifs is 1. The van der Waals surface area contributed by atoms with E-state index in [2.05, 4.69) is 47.0 Å². The Labute approximate surface area is 312 Å². The number of benzene rings is 2. The summed E-state index contributed by atoms with van der Waals surface area (Å²) >= 11 is 0. The third-order valence-electron chi connectivity index (χ3n) is 12.1. The molecule has 3 saturated carbocycles. The number of urea groups is 1. The number of amides is 3. The van der Waals surface area contributed by atoms with Crippen LogP contribution in [0.4, 0.5) is 29.3 Å². The molecule has 0 spiro atoms. The second-order valence-corrected chi connectivity index (χ2v) is 16.0. The Morgan fingerprint density at radius 3 is 2.57 bits per heavy atom. The van der Waals surface area contributed by atoms with Gasteiger partial charge in [-0.05, 0) is 80.2 Å². The van der Waals surface area contributed by atoms with Crippen LogP contribution in [-0.4, -0.2) is 53.4 Å². The van der Waals surface area contributed by atoms with Crippen LogP contribution in [0.3, 0.4) is 0 Å². The summed E-state index contributed by atoms with van der Waals surface area (Å²) in [6.07, 6.45) is -0.940. The molecule has 3 heterocycles. The van der Waals surface area contributed by atoms with Gasteiger partial charge in [-0.3, -0.25) is 14.2 Å². The summed E-state index contributed by atoms with van der Waals surface area (Å²) in [5.41, 5.74) is -2.31. The molecule has 4 fully saturated rings. The molecule has 5 aliphatic rings. The minimum absolute atomic E-state index is 0.0212. The van der Waals surface area contributed by atoms with Crippen molar-refractivity contribution in [3.63, 3.8) is 0 Å². The normalized spacial score (nSPS) is 28.3. The van der Waals surface area contributed by atoms with Gasteiger partial charge in [0.25, 0.3) is 5.56 Å². The predicted octanol–water partition coefficient (Wildman–Crippen LogP) is 6.03. The predicted molar refractivity (Wildman–Crippen MR) is 196 cm³/mol. The standard InChI is InChI=1S/C38H46BF3N6O6/c1-7-29(39-53-30-26-15-23(35(26,2)3)17-37(30,5)54-39)46-31(49)28-18-36(4,47-34(51)45-24-12-9-13-25(16-24)52-6)33-44-20-27(32(50)48(28)33)43-19-21-10-8-11-22(14-21)38(40,41)42/h8-14,16,20,23,26,28-30,43H,7,15,17-19H2,1-6H3,(H,46,49)(H2,45,47,51)/t23?,26?,28-,29-,30+,36+,37-/m0/s1. The molecular weight excluding hydrogens is 704 g/mol. The first-order valence-electron chi connectivity index (χ1n) is 18.3. The number of methoxy groups -OCH3 is 1. The first-order valence-corrected chi connectivity index (χ1v) is 18.3. The summed E-state index contributed by atoms with van der Waals surface area (Å²) < 4.78 is 59.8. The van der Waals surface area contributed by atoms with Crippen LogP contribution in [-0.2, 0) is 32.4 Å². The van der Waals surface area contributed by atoms with Crippen LogP contribution in [0.1, 0.15) is 83.3 Å². The van der Waals surface area contributed by atoms with Gasteiger partial charge in [-0.15, -0.1) is 0 Å². The summed E-state index contributed by atoms with van der Waals surface area (Å²) in [7, 11) is 0.816. The van der Waals surface area contributed by atoms with Gasteiger partial charge in [0.1, 0.15) is 23.3 Å². The zero-order chi connectivity index (χ0) is 38.8. The van der Waals surface area contributed by atoms with Gasteiger partial charge < -0.3 is 35.3 Å². The molecule has 3 aliphatic carbocycles. The van der Waals surface area contributed by atoms with Crippen molar-refractivity contribution in [3.05, 3.63) is 82.0 Å². The van der Waals surface area contributed by atoms with Crippen LogP contribution >= 0.6 is 0 Å². The van der Waals surface area contributed by atoms with Gasteiger partial charge in [-0.2, -0.15) is 13.2 Å². The summed E-state index contributed by atoms with van der Waals surface area (Å²) in [6.45, 7) is 10.1. The number of halogens is 3. The molecule has 2 aliphatic heterocycles. The smallest absolute Gasteiger partial charge is 0.481 e. The van der Waals surface area contributed by atoms with Crippen LogP contribution in [0, 0.1) is 17.3 Å². The van der Waals surface area contributed by atoms with Crippen molar-refractivity contribution in [3.8, 4) is 5.75 Å². The maximum absolute atomic E-state index is 14.3. The van der Waals surface area contributed by atoms with Gasteiger partial charge in [0.2, 0.25) is 5.91 Å². The molecule has 8 rings (SSSR count). The van der Waals surface area contributed by atoms with Gasteiger partial charge in [-0.25, -0.2) is 9.78 Å². The number of alkyl halides is 3. The molecule has 7 atom stereocenters. The number of hydrogen-bond donors (Lipinski definition) is 4. The fourth-order valence-electron chi connectivity index (χ4n) is 8.90. The lowest BCUT2D eigenvalue weighted by Gasteiger charge is -2.63. The monoisotopic (exact) mass is 750 g/mol. The Balaban J connectivity index is 1.15. The van der Waals surface area contributed by atoms with Crippen LogP contribution in [0.5, 0.6) is 5.75 Å². The zero-order valence-electron chi connectivity index (χ0n) is 31.2. The molecular formula is C38H46BF3N6O6. The van der Waals surface area contributed by atoms with Crippen molar-refractivity contribution in [1.82, 2.24) is 20.2 Å². The van der Waals surface area contributed by atoms with Gasteiger partial charge in [-0.1, -0.05) is 39.0 Å². The third-order valence-corrected chi connectivity index (χ3v) is 12.1. The fourth-order valence-corrected chi connectivity index (χ4v) is 8.90. The number of rotatable bonds is 10. The van der Waals surface area contributed by atoms with Crippen molar-refractivity contribution >= 4 is 30.4 Å². The second-order valence-electron chi connectivity index (χ2n) is 16.0. The SMILES string of the molecule is CC[C@H](NC(=O)[C@@H]1C[C@@](C)(NC(=O)Nc2cccc(OC)c2)c2ncc(NCc3cccc(C(F)(F)F)c3)c(=O)n21)B1O[C@@H]2C3CC(C[C@]2(C)O1)C3(C)C. The molecule has 2 unspecified atom stereocenters. The van der Waals surface area contributed by atoms with E-state index in [9.17, 15) is 27.6 Å². The van der Waals surface area contributed by atoms with Gasteiger partial charge in [0.15, 0.2) is 0 Å². The minimum atomic E-state index is -4.53. The first-order chi connectivity index (χ1) is 25.5. The van der Waals surface area contributed by atoms with Crippen molar-refractivity contribution in [1.29, 1.82) is 0 Å². The van der Waals surface area contributed by atoms with E-state index < -0.39 is 59.5 Å². The highest BCUT2D eigenvalue weighted by molar-refractivity contribution is 6.47. The maximum atomic E-state index is 14.3. The van der Waals surface area contributed by atoms with Crippen molar-refractivity contribution in [2.75, 3.05) is 17.7 Å². The molecule has 16 heteroatoms. The number of ether oxygens (including phenoxy) is 1. The first kappa shape index (κ1) is 37.7. The highest BCUT2D eigenvalue weighted by Crippen LogP contribution is 2.64. The van der Waals surface area contributed by atoms with E-state index in [1.54, 1.807) is 31.2 Å². The molecule has 54 heavy (non-hydrogen) atoms. The molecule has 2 bridgehead atoms. The number of aromatic nitrogens is 2. The Hall–Kier alpha value is -4.57. The highest BCUT2D eigenvalue weighted by atomic mass is 19.4. The lowest BCUT2D eigenvalue weighted by molar-refractivity contribution is -0.185. The van der Waals surface area contributed by atoms with E-state index in [-0.39, 0.29) is 36.0 Å². The number of nitrogens with zero attached hydrogens (tertiary/aromatic N) is 2. The van der Waals surface area contributed by atoms with Crippen LogP contribution in [0.25, 0.3) is 0 Å². The summed E-state index contributed by atoms with van der Waals surface area (Å²) in [4.78, 5) is 46.5. The van der Waals surface area contributed by atoms with E-state index in [4.69, 9.17) is 14.0 Å². The number of hydrogen-bond acceptors (Lipinski definition) is 8.